The van der Waals surface area contributed by atoms with Crippen LogP contribution >= 0.6 is 0 Å². The van der Waals surface area contributed by atoms with Crippen LogP contribution in [-0.2, 0) is 9.53 Å². The number of alkyl halides is 3. The second-order valence-corrected chi connectivity index (χ2v) is 6.12. The molecule has 2 heterocycles. The predicted molar refractivity (Wildman–Crippen MR) is 77.7 cm³/mol. The van der Waals surface area contributed by atoms with Crippen molar-refractivity contribution in [2.24, 2.45) is 0 Å². The Balaban J connectivity index is 1.67. The highest BCUT2D eigenvalue weighted by Crippen LogP contribution is 2.39. The van der Waals surface area contributed by atoms with Crippen LogP contribution in [-0.4, -0.2) is 37.1 Å². The largest absolute Gasteiger partial charge is 0.497 e. The number of halogens is 3. The number of hydrogen-bond donors (Lipinski definition) is 1. The van der Waals surface area contributed by atoms with Gasteiger partial charge in [-0.2, -0.15) is 13.2 Å². The number of carbonyl (C=O) groups excluding carboxylic acids is 1. The third-order valence-electron chi connectivity index (χ3n) is 4.35. The van der Waals surface area contributed by atoms with Gasteiger partial charge >= 0.3 is 12.1 Å². The quantitative estimate of drug-likeness (QED) is 0.851. The van der Waals surface area contributed by atoms with E-state index < -0.39 is 17.9 Å². The minimum Gasteiger partial charge on any atom is -0.497 e. The molecule has 132 valence electrons. The van der Waals surface area contributed by atoms with Gasteiger partial charge in [-0.1, -0.05) is 0 Å². The molecule has 0 aliphatic carbocycles. The van der Waals surface area contributed by atoms with Crippen molar-refractivity contribution >= 4 is 5.97 Å². The van der Waals surface area contributed by atoms with Gasteiger partial charge in [0.05, 0.1) is 7.11 Å². The summed E-state index contributed by atoms with van der Waals surface area (Å²) in [5.74, 6) is -0.886. The third kappa shape index (κ3) is 3.58. The van der Waals surface area contributed by atoms with Crippen LogP contribution < -0.4 is 14.8 Å². The Morgan fingerprint density at radius 2 is 1.92 bits per heavy atom. The lowest BCUT2D eigenvalue weighted by Gasteiger charge is -2.38. The molecule has 5 nitrogen and oxygen atoms in total. The Labute approximate surface area is 137 Å². The predicted octanol–water partition coefficient (Wildman–Crippen LogP) is 2.79. The molecule has 1 aromatic carbocycles. The fourth-order valence-corrected chi connectivity index (χ4v) is 3.32. The van der Waals surface area contributed by atoms with Gasteiger partial charge in [-0.25, -0.2) is 4.79 Å². The minimum atomic E-state index is -5.00. The van der Waals surface area contributed by atoms with Crippen molar-refractivity contribution in [3.05, 3.63) is 24.3 Å². The molecule has 1 N–H and O–H groups in total. The first-order valence-electron chi connectivity index (χ1n) is 7.68. The van der Waals surface area contributed by atoms with E-state index in [4.69, 9.17) is 14.2 Å². The monoisotopic (exact) mass is 345 g/mol. The molecule has 0 saturated carbocycles. The molecule has 8 heteroatoms. The number of rotatable bonds is 4. The number of piperidine rings is 1. The third-order valence-corrected chi connectivity index (χ3v) is 4.35. The summed E-state index contributed by atoms with van der Waals surface area (Å²) in [6, 6.07) is 6.92. The molecule has 3 atom stereocenters. The number of ether oxygens (including phenoxy) is 3. The van der Waals surface area contributed by atoms with E-state index in [0.29, 0.717) is 30.8 Å². The number of nitrogens with one attached hydrogen (secondary N) is 1. The zero-order valence-electron chi connectivity index (χ0n) is 13.1. The number of benzene rings is 1. The Morgan fingerprint density at radius 3 is 2.54 bits per heavy atom. The van der Waals surface area contributed by atoms with Crippen molar-refractivity contribution in [2.75, 3.05) is 7.11 Å². The number of carbonyl (C=O) groups is 1. The van der Waals surface area contributed by atoms with E-state index in [1.165, 1.54) is 0 Å². The summed E-state index contributed by atoms with van der Waals surface area (Å²) in [6.07, 6.45) is -3.50. The SMILES string of the molecule is COc1ccc(O[C@@H]2C[C@@H]3CC[C@@](OC(=O)C(F)(F)F)(C2)N3)cc1. The molecule has 2 aliphatic heterocycles. The van der Waals surface area contributed by atoms with Crippen molar-refractivity contribution < 1.29 is 32.2 Å². The number of hydrogen-bond acceptors (Lipinski definition) is 5. The van der Waals surface area contributed by atoms with Crippen LogP contribution in [0.15, 0.2) is 24.3 Å². The Kier molecular flexibility index (Phi) is 4.33. The van der Waals surface area contributed by atoms with Crippen LogP contribution in [0.2, 0.25) is 0 Å². The lowest BCUT2D eigenvalue weighted by molar-refractivity contribution is -0.219. The molecule has 0 radical (unpaired) electrons. The minimum absolute atomic E-state index is 0.0250. The maximum Gasteiger partial charge on any atom is 0.490 e. The summed E-state index contributed by atoms with van der Waals surface area (Å²) in [5, 5.41) is 3.00. The maximum atomic E-state index is 12.5. The number of esters is 1. The van der Waals surface area contributed by atoms with Crippen molar-refractivity contribution in [1.82, 2.24) is 5.32 Å². The van der Waals surface area contributed by atoms with E-state index in [2.05, 4.69) is 5.32 Å². The van der Waals surface area contributed by atoms with Crippen molar-refractivity contribution in [3.8, 4) is 11.5 Å². The summed E-state index contributed by atoms with van der Waals surface area (Å²) < 4.78 is 53.2. The van der Waals surface area contributed by atoms with Crippen LogP contribution in [0.1, 0.15) is 25.7 Å². The van der Waals surface area contributed by atoms with Gasteiger partial charge in [-0.05, 0) is 37.1 Å². The highest BCUT2D eigenvalue weighted by Gasteiger charge is 2.53. The van der Waals surface area contributed by atoms with Crippen molar-refractivity contribution in [2.45, 2.75) is 49.7 Å². The Morgan fingerprint density at radius 1 is 1.25 bits per heavy atom. The zero-order chi connectivity index (χ0) is 17.4. The van der Waals surface area contributed by atoms with Crippen LogP contribution in [0.5, 0.6) is 11.5 Å². The van der Waals surface area contributed by atoms with Gasteiger partial charge in [0.25, 0.3) is 0 Å². The average molecular weight is 345 g/mol. The van der Waals surface area contributed by atoms with Crippen LogP contribution in [0.25, 0.3) is 0 Å². The van der Waals surface area contributed by atoms with Gasteiger partial charge < -0.3 is 14.2 Å². The molecule has 2 saturated heterocycles. The molecular formula is C16H18F3NO4. The summed E-state index contributed by atoms with van der Waals surface area (Å²) in [5.41, 5.74) is -1.30. The van der Waals surface area contributed by atoms with Crippen LogP contribution in [0.4, 0.5) is 13.2 Å². The van der Waals surface area contributed by atoms with Gasteiger partial charge in [-0.3, -0.25) is 5.32 Å². The molecule has 2 fully saturated rings. The smallest absolute Gasteiger partial charge is 0.490 e. The summed E-state index contributed by atoms with van der Waals surface area (Å²) in [6.45, 7) is 0. The highest BCUT2D eigenvalue weighted by molar-refractivity contribution is 5.76. The van der Waals surface area contributed by atoms with E-state index in [-0.39, 0.29) is 18.6 Å². The van der Waals surface area contributed by atoms with E-state index in [0.717, 1.165) is 0 Å². The number of fused-ring (bicyclic) bond motifs is 2. The van der Waals surface area contributed by atoms with E-state index in [1.54, 1.807) is 31.4 Å². The lowest BCUT2D eigenvalue weighted by Crippen LogP contribution is -2.56. The van der Waals surface area contributed by atoms with Gasteiger partial charge in [-0.15, -0.1) is 0 Å². The summed E-state index contributed by atoms with van der Waals surface area (Å²) >= 11 is 0. The highest BCUT2D eigenvalue weighted by atomic mass is 19.4. The van der Waals surface area contributed by atoms with Crippen molar-refractivity contribution in [1.29, 1.82) is 0 Å². The standard InChI is InChI=1S/C16H18F3NO4/c1-22-11-2-4-12(5-3-11)23-13-8-10-6-7-15(9-13,20-10)24-14(21)16(17,18)19/h2-5,10,13,20H,6-9H2,1H3/t10-,13+,15+/m0/s1. The molecule has 0 amide bonds. The van der Waals surface area contributed by atoms with E-state index >= 15 is 0 Å². The van der Waals surface area contributed by atoms with Crippen LogP contribution in [0, 0.1) is 0 Å². The second-order valence-electron chi connectivity index (χ2n) is 6.12. The normalized spacial score (nSPS) is 29.2. The molecule has 1 aromatic rings. The first-order valence-corrected chi connectivity index (χ1v) is 7.68. The number of methoxy groups -OCH3 is 1. The molecule has 2 bridgehead atoms. The molecule has 3 rings (SSSR count). The fraction of sp³-hybridized carbons (Fsp3) is 0.562. The Hall–Kier alpha value is -1.96. The van der Waals surface area contributed by atoms with Gasteiger partial charge in [0.2, 0.25) is 0 Å². The summed E-state index contributed by atoms with van der Waals surface area (Å²) in [4.78, 5) is 11.2. The molecule has 0 unspecified atom stereocenters. The molecule has 2 aliphatic rings. The maximum absolute atomic E-state index is 12.5. The van der Waals surface area contributed by atoms with Gasteiger partial charge in [0.15, 0.2) is 5.72 Å². The molecule has 24 heavy (non-hydrogen) atoms. The first kappa shape index (κ1) is 16.9. The lowest BCUT2D eigenvalue weighted by atomic mass is 9.99. The van der Waals surface area contributed by atoms with Crippen LogP contribution in [0.3, 0.4) is 0 Å². The topological polar surface area (TPSA) is 56.8 Å². The molecular weight excluding hydrogens is 327 g/mol. The molecule has 0 spiro atoms. The van der Waals surface area contributed by atoms with Gasteiger partial charge in [0, 0.05) is 18.9 Å². The molecule has 0 aromatic heterocycles. The zero-order valence-corrected chi connectivity index (χ0v) is 13.1. The fourth-order valence-electron chi connectivity index (χ4n) is 3.32. The second kappa shape index (κ2) is 6.16. The Bertz CT molecular complexity index is 604. The van der Waals surface area contributed by atoms with Crippen molar-refractivity contribution in [3.63, 3.8) is 0 Å². The summed E-state index contributed by atoms with van der Waals surface area (Å²) in [7, 11) is 1.55. The van der Waals surface area contributed by atoms with Gasteiger partial charge in [0.1, 0.15) is 17.6 Å². The van der Waals surface area contributed by atoms with E-state index in [9.17, 15) is 18.0 Å². The van der Waals surface area contributed by atoms with E-state index in [1.807, 2.05) is 0 Å². The average Bonchev–Trinajstić information content (AvgIpc) is 2.82. The first-order chi connectivity index (χ1) is 11.3.